The van der Waals surface area contributed by atoms with Gasteiger partial charge in [-0.25, -0.2) is 9.59 Å². The van der Waals surface area contributed by atoms with Gasteiger partial charge in [-0.15, -0.1) is 12.4 Å². The van der Waals surface area contributed by atoms with Gasteiger partial charge in [0.05, 0.1) is 5.92 Å². The standard InChI is InChI=1S/C16H29N3O3.C11H21N3O.C11H19NO4.C5H12N2.ClH/c1-16(2,3)22-15(21)19-7-5-13(6-8-19)14(20)18-11-9-17(4)10-12-18;1-13-6-8-14(9-7-13)11(15)10-2-4-12-5-3-10;1-11(2,3)16-10(15)12-6-4-8(5-7-12)9(13)14;1-7-4-2-6-3-5-7;/h13H,5-12H2,1-4H3;10,12H,2-9H2,1H3;8H,4-7H2,1-3H3,(H,13,14);6H,2-5H2,1H3;1H. The Balaban J connectivity index is 0.000000294. The highest BCUT2D eigenvalue weighted by Crippen LogP contribution is 2.23. The Morgan fingerprint density at radius 2 is 0.754 bits per heavy atom. The first kappa shape index (κ1) is 54.2. The second-order valence-corrected chi connectivity index (χ2v) is 19.2. The Bertz CT molecular complexity index is 1320. The van der Waals surface area contributed by atoms with Gasteiger partial charge in [-0.05, 0) is 114 Å². The number of carbonyl (C=O) groups excluding carboxylic acids is 4. The molecule has 18 heteroatoms. The predicted octanol–water partition coefficient (Wildman–Crippen LogP) is 2.83. The van der Waals surface area contributed by atoms with E-state index in [2.05, 4.69) is 51.4 Å². The van der Waals surface area contributed by atoms with Gasteiger partial charge in [0.2, 0.25) is 11.8 Å². The number of likely N-dealkylation sites (tertiary alicyclic amines) is 2. The molecular weight excluding hydrogens is 806 g/mol. The zero-order valence-electron chi connectivity index (χ0n) is 39.0. The lowest BCUT2D eigenvalue weighted by Gasteiger charge is -2.37. The van der Waals surface area contributed by atoms with Crippen molar-refractivity contribution < 1.29 is 38.6 Å². The molecule has 0 aromatic rings. The molecule has 354 valence electrons. The van der Waals surface area contributed by atoms with Crippen LogP contribution >= 0.6 is 12.4 Å². The number of ether oxygens (including phenoxy) is 2. The normalized spacial score (nSPS) is 21.9. The minimum atomic E-state index is -0.774. The van der Waals surface area contributed by atoms with Crippen LogP contribution in [-0.2, 0) is 23.9 Å². The van der Waals surface area contributed by atoms with Crippen LogP contribution in [0, 0.1) is 17.8 Å². The summed E-state index contributed by atoms with van der Waals surface area (Å²) in [5, 5.41) is 15.4. The van der Waals surface area contributed by atoms with Crippen LogP contribution in [0.4, 0.5) is 9.59 Å². The summed E-state index contributed by atoms with van der Waals surface area (Å²) >= 11 is 0. The maximum atomic E-state index is 12.5. The third kappa shape index (κ3) is 20.8. The maximum Gasteiger partial charge on any atom is 0.410 e. The van der Waals surface area contributed by atoms with Gasteiger partial charge < -0.3 is 59.5 Å². The number of carboxylic acid groups (broad SMARTS) is 1. The minimum Gasteiger partial charge on any atom is -0.481 e. The number of halogens is 1. The summed E-state index contributed by atoms with van der Waals surface area (Å²) in [6.45, 7) is 27.4. The van der Waals surface area contributed by atoms with Crippen LogP contribution in [0.5, 0.6) is 0 Å². The van der Waals surface area contributed by atoms with Crippen molar-refractivity contribution in [2.45, 2.75) is 91.3 Å². The van der Waals surface area contributed by atoms with E-state index in [4.69, 9.17) is 14.6 Å². The number of rotatable bonds is 3. The summed E-state index contributed by atoms with van der Waals surface area (Å²) in [6.07, 6.45) is 3.92. The number of amides is 4. The molecule has 0 aliphatic carbocycles. The maximum absolute atomic E-state index is 12.5. The summed E-state index contributed by atoms with van der Waals surface area (Å²) in [7, 11) is 6.36. The molecule has 0 radical (unpaired) electrons. The minimum absolute atomic E-state index is 0. The zero-order chi connectivity index (χ0) is 44.5. The second kappa shape index (κ2) is 26.6. The monoisotopic (exact) mass is 888 g/mol. The average molecular weight is 889 g/mol. The highest BCUT2D eigenvalue weighted by molar-refractivity contribution is 5.85. The Morgan fingerprint density at radius 3 is 1.07 bits per heavy atom. The van der Waals surface area contributed by atoms with Crippen LogP contribution in [0.3, 0.4) is 0 Å². The molecule has 0 atom stereocenters. The Labute approximate surface area is 372 Å². The lowest BCUT2D eigenvalue weighted by atomic mass is 9.95. The molecule has 0 saturated carbocycles. The molecule has 4 amide bonds. The summed E-state index contributed by atoms with van der Waals surface area (Å²) in [5.74, 6) is -0.0965. The molecule has 6 fully saturated rings. The van der Waals surface area contributed by atoms with Crippen LogP contribution in [0.25, 0.3) is 0 Å². The van der Waals surface area contributed by atoms with Gasteiger partial charge in [0, 0.05) is 117 Å². The average Bonchev–Trinajstić information content (AvgIpc) is 3.21. The van der Waals surface area contributed by atoms with Crippen molar-refractivity contribution >= 4 is 42.4 Å². The molecule has 0 bridgehead atoms. The third-order valence-electron chi connectivity index (χ3n) is 11.7. The van der Waals surface area contributed by atoms with Gasteiger partial charge >= 0.3 is 18.2 Å². The van der Waals surface area contributed by atoms with Gasteiger partial charge in [-0.1, -0.05) is 0 Å². The largest absolute Gasteiger partial charge is 0.481 e. The van der Waals surface area contributed by atoms with Gasteiger partial charge in [0.25, 0.3) is 0 Å². The SMILES string of the molecule is CC(C)(C)OC(=O)N1CCC(C(=O)O)CC1.CN1CCN(C(=O)C2CCN(C(=O)OC(C)(C)C)CC2)CC1.CN1CCN(C(=O)C2CCNCC2)CC1.CN1CCNCC1.Cl. The summed E-state index contributed by atoms with van der Waals surface area (Å²) in [5.41, 5.74) is -0.968. The Morgan fingerprint density at radius 1 is 0.443 bits per heavy atom. The van der Waals surface area contributed by atoms with Gasteiger partial charge in [-0.2, -0.15) is 0 Å². The van der Waals surface area contributed by atoms with E-state index in [-0.39, 0.29) is 48.3 Å². The van der Waals surface area contributed by atoms with Crippen molar-refractivity contribution in [3.8, 4) is 0 Å². The highest BCUT2D eigenvalue weighted by atomic mass is 35.5. The third-order valence-corrected chi connectivity index (χ3v) is 11.7. The van der Waals surface area contributed by atoms with E-state index in [0.29, 0.717) is 44.9 Å². The van der Waals surface area contributed by atoms with E-state index in [0.717, 1.165) is 104 Å². The van der Waals surface area contributed by atoms with Crippen molar-refractivity contribution in [1.29, 1.82) is 0 Å². The molecule has 6 rings (SSSR count). The lowest BCUT2D eigenvalue weighted by Crippen LogP contribution is -2.51. The number of carbonyl (C=O) groups is 5. The number of aliphatic carboxylic acids is 1. The molecule has 6 saturated heterocycles. The fourth-order valence-electron chi connectivity index (χ4n) is 7.69. The topological polar surface area (TPSA) is 171 Å². The van der Waals surface area contributed by atoms with E-state index in [1.807, 2.05) is 46.4 Å². The van der Waals surface area contributed by atoms with Gasteiger partial charge in [0.15, 0.2) is 0 Å². The van der Waals surface area contributed by atoms with Gasteiger partial charge in [0.1, 0.15) is 11.2 Å². The number of hydrogen-bond acceptors (Lipinski definition) is 12. The quantitative estimate of drug-likeness (QED) is 0.379. The smallest absolute Gasteiger partial charge is 0.410 e. The highest BCUT2D eigenvalue weighted by Gasteiger charge is 2.33. The van der Waals surface area contributed by atoms with Gasteiger partial charge in [-0.3, -0.25) is 14.4 Å². The van der Waals surface area contributed by atoms with Crippen molar-refractivity contribution in [2.24, 2.45) is 17.8 Å². The molecule has 6 aliphatic rings. The van der Waals surface area contributed by atoms with Crippen molar-refractivity contribution in [3.05, 3.63) is 0 Å². The molecular formula is C43H82ClN9O8. The van der Waals surface area contributed by atoms with E-state index in [1.165, 1.54) is 13.1 Å². The first-order chi connectivity index (χ1) is 28.2. The lowest BCUT2D eigenvalue weighted by molar-refractivity contribution is -0.143. The van der Waals surface area contributed by atoms with Crippen LogP contribution < -0.4 is 10.6 Å². The molecule has 0 spiro atoms. The van der Waals surface area contributed by atoms with E-state index in [1.54, 1.807) is 9.80 Å². The van der Waals surface area contributed by atoms with Crippen LogP contribution in [0.15, 0.2) is 0 Å². The molecule has 3 N–H and O–H groups in total. The number of nitrogens with zero attached hydrogens (tertiary/aromatic N) is 7. The number of piperazine rings is 3. The zero-order valence-corrected chi connectivity index (χ0v) is 39.9. The molecule has 0 aromatic carbocycles. The fraction of sp³-hybridized carbons (Fsp3) is 0.884. The van der Waals surface area contributed by atoms with E-state index in [9.17, 15) is 24.0 Å². The molecule has 61 heavy (non-hydrogen) atoms. The van der Waals surface area contributed by atoms with Crippen LogP contribution in [-0.4, -0.2) is 220 Å². The van der Waals surface area contributed by atoms with Crippen LogP contribution in [0.1, 0.15) is 80.1 Å². The Hall–Kier alpha value is -2.96. The second-order valence-electron chi connectivity index (χ2n) is 19.2. The molecule has 17 nitrogen and oxygen atoms in total. The summed E-state index contributed by atoms with van der Waals surface area (Å²) in [6, 6.07) is 0. The predicted molar refractivity (Wildman–Crippen MR) is 240 cm³/mol. The number of hydrogen-bond donors (Lipinski definition) is 3. The number of carboxylic acids is 1. The molecule has 6 aliphatic heterocycles. The van der Waals surface area contributed by atoms with Crippen molar-refractivity contribution in [1.82, 2.24) is 44.9 Å². The van der Waals surface area contributed by atoms with E-state index < -0.39 is 17.2 Å². The molecule has 0 aromatic heterocycles. The van der Waals surface area contributed by atoms with E-state index >= 15 is 0 Å². The van der Waals surface area contributed by atoms with Crippen molar-refractivity contribution in [2.75, 3.05) is 139 Å². The Kier molecular flexibility index (Phi) is 23.6. The van der Waals surface area contributed by atoms with Crippen molar-refractivity contribution in [3.63, 3.8) is 0 Å². The molecule has 0 unspecified atom stereocenters. The summed E-state index contributed by atoms with van der Waals surface area (Å²) in [4.78, 5) is 73.3. The first-order valence-corrected chi connectivity index (χ1v) is 22.5. The summed E-state index contributed by atoms with van der Waals surface area (Å²) < 4.78 is 10.6. The molecule has 6 heterocycles. The fourth-order valence-corrected chi connectivity index (χ4v) is 7.69. The number of nitrogens with one attached hydrogen (secondary N) is 2. The number of piperidine rings is 3. The number of likely N-dealkylation sites (N-methyl/N-ethyl adjacent to an activating group) is 3. The first-order valence-electron chi connectivity index (χ1n) is 22.5. The van der Waals surface area contributed by atoms with Crippen LogP contribution in [0.2, 0.25) is 0 Å².